The van der Waals surface area contributed by atoms with Crippen LogP contribution >= 0.6 is 0 Å². The fourth-order valence-electron chi connectivity index (χ4n) is 3.55. The minimum Gasteiger partial charge on any atom is -0.393 e. The Morgan fingerprint density at radius 2 is 2.29 bits per heavy atom. The Morgan fingerprint density at radius 3 is 2.89 bits per heavy atom. The van der Waals surface area contributed by atoms with Gasteiger partial charge in [-0.1, -0.05) is 6.58 Å². The van der Waals surface area contributed by atoms with E-state index in [0.29, 0.717) is 18.7 Å². The molecule has 3 rings (SSSR count). The fraction of sp³-hybridized carbons (Fsp3) is 0.368. The molecule has 3 N–H and O–H groups in total. The van der Waals surface area contributed by atoms with Crippen molar-refractivity contribution in [3.8, 4) is 0 Å². The maximum absolute atomic E-state index is 15.0. The SMILES string of the molecule is C=CC(=O)N1CCC[C@@H](N(C)c2nc(/C(C=N)=C/NC)c3c(c2F)NC3=O)C1. The van der Waals surface area contributed by atoms with Crippen LogP contribution in [0, 0.1) is 11.2 Å². The molecule has 1 aromatic heterocycles. The summed E-state index contributed by atoms with van der Waals surface area (Å²) in [5, 5.41) is 12.9. The number of nitrogens with one attached hydrogen (secondary N) is 3. The van der Waals surface area contributed by atoms with Gasteiger partial charge in [0.25, 0.3) is 5.91 Å². The van der Waals surface area contributed by atoms with E-state index in [1.165, 1.54) is 12.3 Å². The Morgan fingerprint density at radius 1 is 1.54 bits per heavy atom. The molecule has 0 saturated carbocycles. The van der Waals surface area contributed by atoms with Crippen molar-refractivity contribution in [3.05, 3.63) is 35.9 Å². The topological polar surface area (TPSA) is 101 Å². The molecular formula is C19H23FN6O2. The number of amides is 2. The number of nitrogens with zero attached hydrogens (tertiary/aromatic N) is 3. The summed E-state index contributed by atoms with van der Waals surface area (Å²) in [6.07, 6.45) is 5.45. The molecule has 0 spiro atoms. The lowest BCUT2D eigenvalue weighted by atomic mass is 9.98. The summed E-state index contributed by atoms with van der Waals surface area (Å²) in [4.78, 5) is 31.7. The molecule has 2 aliphatic rings. The molecule has 148 valence electrons. The van der Waals surface area contributed by atoms with Crippen LogP contribution in [0.15, 0.2) is 18.9 Å². The maximum atomic E-state index is 15.0. The van der Waals surface area contributed by atoms with Crippen molar-refractivity contribution in [2.24, 2.45) is 0 Å². The monoisotopic (exact) mass is 386 g/mol. The second kappa shape index (κ2) is 7.79. The van der Waals surface area contributed by atoms with Gasteiger partial charge in [0.1, 0.15) is 0 Å². The molecule has 0 radical (unpaired) electrons. The van der Waals surface area contributed by atoms with Gasteiger partial charge in [-0.05, 0) is 18.9 Å². The zero-order valence-corrected chi connectivity index (χ0v) is 15.9. The van der Waals surface area contributed by atoms with E-state index in [0.717, 1.165) is 19.1 Å². The van der Waals surface area contributed by atoms with Crippen LogP contribution in [0.5, 0.6) is 0 Å². The van der Waals surface area contributed by atoms with E-state index in [2.05, 4.69) is 22.2 Å². The highest BCUT2D eigenvalue weighted by Crippen LogP contribution is 2.38. The average Bonchev–Trinajstić information content (AvgIpc) is 2.71. The molecular weight excluding hydrogens is 363 g/mol. The Bertz CT molecular complexity index is 882. The molecule has 2 aliphatic heterocycles. The lowest BCUT2D eigenvalue weighted by molar-refractivity contribution is -0.127. The van der Waals surface area contributed by atoms with Gasteiger partial charge in [-0.15, -0.1) is 0 Å². The number of likely N-dealkylation sites (N-methyl/N-ethyl adjacent to an activating group) is 1. The number of pyridine rings is 1. The Hall–Kier alpha value is -3.23. The minimum absolute atomic E-state index is 0.0792. The van der Waals surface area contributed by atoms with Gasteiger partial charge >= 0.3 is 0 Å². The number of halogens is 1. The van der Waals surface area contributed by atoms with Crippen molar-refractivity contribution in [3.63, 3.8) is 0 Å². The summed E-state index contributed by atoms with van der Waals surface area (Å²) in [5.41, 5.74) is 0.860. The van der Waals surface area contributed by atoms with Crippen LogP contribution in [0.4, 0.5) is 15.9 Å². The molecule has 3 heterocycles. The van der Waals surface area contributed by atoms with Crippen LogP contribution in [-0.2, 0) is 4.79 Å². The third-order valence-electron chi connectivity index (χ3n) is 5.08. The number of likely N-dealkylation sites (tertiary alicyclic amines) is 1. The number of carbonyl (C=O) groups is 2. The van der Waals surface area contributed by atoms with E-state index >= 15 is 4.39 Å². The average molecular weight is 386 g/mol. The summed E-state index contributed by atoms with van der Waals surface area (Å²) in [6.45, 7) is 4.59. The largest absolute Gasteiger partial charge is 0.393 e. The minimum atomic E-state index is -0.609. The highest BCUT2D eigenvalue weighted by Gasteiger charge is 2.36. The molecule has 0 aliphatic carbocycles. The van der Waals surface area contributed by atoms with E-state index in [1.54, 1.807) is 23.9 Å². The van der Waals surface area contributed by atoms with Gasteiger partial charge in [-0.3, -0.25) is 9.59 Å². The number of hydrogen-bond acceptors (Lipinski definition) is 6. The number of hydrogen-bond donors (Lipinski definition) is 3. The van der Waals surface area contributed by atoms with Crippen LogP contribution in [-0.4, -0.2) is 61.1 Å². The molecule has 8 nitrogen and oxygen atoms in total. The van der Waals surface area contributed by atoms with Crippen LogP contribution in [0.1, 0.15) is 28.9 Å². The molecule has 0 aromatic carbocycles. The number of allylic oxidation sites excluding steroid dienone is 1. The van der Waals surface area contributed by atoms with Crippen LogP contribution in [0.2, 0.25) is 0 Å². The van der Waals surface area contributed by atoms with Crippen molar-refractivity contribution in [1.29, 1.82) is 5.41 Å². The zero-order chi connectivity index (χ0) is 20.4. The molecule has 0 bridgehead atoms. The maximum Gasteiger partial charge on any atom is 0.260 e. The first-order chi connectivity index (χ1) is 13.4. The standard InChI is InChI=1S/C19H23FN6O2/c1-4-13(27)26-7-5-6-12(10-26)25(3)18-15(20)17-14(19(28)24-17)16(23-18)11(8-21)9-22-2/h4,8-9,12,21-22H,1,5-7,10H2,2-3H3,(H,24,28)/b11-9+,21-8?/t12-/m1/s1. The summed E-state index contributed by atoms with van der Waals surface area (Å²) < 4.78 is 15.0. The van der Waals surface area contributed by atoms with Crippen LogP contribution in [0.25, 0.3) is 5.57 Å². The number of rotatable bonds is 6. The van der Waals surface area contributed by atoms with Crippen LogP contribution < -0.4 is 15.5 Å². The molecule has 1 fully saturated rings. The van der Waals surface area contributed by atoms with Gasteiger partial charge in [-0.2, -0.15) is 0 Å². The number of fused-ring (bicyclic) bond motifs is 1. The highest BCUT2D eigenvalue weighted by atomic mass is 19.1. The van der Waals surface area contributed by atoms with Gasteiger partial charge in [0, 0.05) is 51.2 Å². The Kier molecular flexibility index (Phi) is 5.43. The molecule has 28 heavy (non-hydrogen) atoms. The van der Waals surface area contributed by atoms with Crippen LogP contribution in [0.3, 0.4) is 0 Å². The first-order valence-corrected chi connectivity index (χ1v) is 9.00. The fourth-order valence-corrected chi connectivity index (χ4v) is 3.55. The molecule has 1 saturated heterocycles. The van der Waals surface area contributed by atoms with Crippen molar-refractivity contribution >= 4 is 35.1 Å². The first-order valence-electron chi connectivity index (χ1n) is 9.00. The zero-order valence-electron chi connectivity index (χ0n) is 15.9. The summed E-state index contributed by atoms with van der Waals surface area (Å²) in [5.74, 6) is -1.10. The Balaban J connectivity index is 2.00. The lowest BCUT2D eigenvalue weighted by Gasteiger charge is -2.38. The molecule has 1 aromatic rings. The van der Waals surface area contributed by atoms with Crippen molar-refractivity contribution in [1.82, 2.24) is 15.2 Å². The van der Waals surface area contributed by atoms with Crippen molar-refractivity contribution < 1.29 is 14.0 Å². The predicted molar refractivity (Wildman–Crippen MR) is 106 cm³/mol. The number of carbonyl (C=O) groups excluding carboxylic acids is 2. The number of aromatic nitrogens is 1. The van der Waals surface area contributed by atoms with Crippen molar-refractivity contribution in [2.45, 2.75) is 18.9 Å². The van der Waals surface area contributed by atoms with Gasteiger partial charge in [0.15, 0.2) is 11.6 Å². The second-order valence-corrected chi connectivity index (χ2v) is 6.73. The molecule has 0 unspecified atom stereocenters. The quantitative estimate of drug-likeness (QED) is 0.509. The molecule has 2 amide bonds. The highest BCUT2D eigenvalue weighted by molar-refractivity contribution is 6.23. The van der Waals surface area contributed by atoms with E-state index < -0.39 is 11.7 Å². The first kappa shape index (κ1) is 19.5. The van der Waals surface area contributed by atoms with Gasteiger partial charge in [-0.25, -0.2) is 9.37 Å². The third kappa shape index (κ3) is 3.23. The predicted octanol–water partition coefficient (Wildman–Crippen LogP) is 1.61. The van der Waals surface area contributed by atoms with Gasteiger partial charge < -0.3 is 25.8 Å². The van der Waals surface area contributed by atoms with Gasteiger partial charge in [0.2, 0.25) is 5.91 Å². The second-order valence-electron chi connectivity index (χ2n) is 6.73. The summed E-state index contributed by atoms with van der Waals surface area (Å²) in [6, 6.07) is -0.127. The number of piperidine rings is 1. The summed E-state index contributed by atoms with van der Waals surface area (Å²) in [7, 11) is 3.39. The van der Waals surface area contributed by atoms with E-state index in [1.807, 2.05) is 0 Å². The van der Waals surface area contributed by atoms with E-state index in [4.69, 9.17) is 5.41 Å². The number of anilines is 2. The van der Waals surface area contributed by atoms with E-state index in [-0.39, 0.29) is 34.7 Å². The molecule has 9 heteroatoms. The third-order valence-corrected chi connectivity index (χ3v) is 5.08. The normalized spacial score (nSPS) is 18.5. The summed E-state index contributed by atoms with van der Waals surface area (Å²) >= 11 is 0. The Labute approximate surface area is 162 Å². The molecule has 1 atom stereocenters. The van der Waals surface area contributed by atoms with Gasteiger partial charge in [0.05, 0.1) is 16.9 Å². The smallest absolute Gasteiger partial charge is 0.260 e. The lowest BCUT2D eigenvalue weighted by Crippen LogP contribution is -2.49. The van der Waals surface area contributed by atoms with E-state index in [9.17, 15) is 9.59 Å². The van der Waals surface area contributed by atoms with Crippen molar-refractivity contribution in [2.75, 3.05) is 37.4 Å².